The number of halogens is 1. The van der Waals surface area contributed by atoms with Crippen LogP contribution in [-0.4, -0.2) is 30.4 Å². The van der Waals surface area contributed by atoms with Gasteiger partial charge in [-0.05, 0) is 43.6 Å². The van der Waals surface area contributed by atoms with Crippen molar-refractivity contribution < 1.29 is 4.79 Å². The maximum absolute atomic E-state index is 12.2. The summed E-state index contributed by atoms with van der Waals surface area (Å²) in [5.74, 6) is -0.203. The van der Waals surface area contributed by atoms with E-state index in [0.717, 1.165) is 43.6 Å². The van der Waals surface area contributed by atoms with E-state index in [2.05, 4.69) is 30.9 Å². The predicted molar refractivity (Wildman–Crippen MR) is 90.3 cm³/mol. The monoisotopic (exact) mass is 308 g/mol. The molecule has 4 heteroatoms. The molecule has 1 unspecified atom stereocenters. The molecule has 0 saturated heterocycles. The van der Waals surface area contributed by atoms with Crippen molar-refractivity contribution in [3.8, 4) is 0 Å². The highest BCUT2D eigenvalue weighted by Gasteiger charge is 2.43. The molecule has 2 aliphatic rings. The lowest BCUT2D eigenvalue weighted by molar-refractivity contribution is -0.125. The Morgan fingerprint density at radius 3 is 2.62 bits per heavy atom. The highest BCUT2D eigenvalue weighted by Crippen LogP contribution is 2.46. The number of hydrogen-bond donors (Lipinski definition) is 1. The Bertz CT molecular complexity index is 501. The van der Waals surface area contributed by atoms with Crippen molar-refractivity contribution in [1.29, 1.82) is 0 Å². The molecule has 0 aromatic heterocycles. The summed E-state index contributed by atoms with van der Waals surface area (Å²) in [5, 5.41) is 0. The van der Waals surface area contributed by atoms with E-state index in [1.54, 1.807) is 0 Å². The quantitative estimate of drug-likeness (QED) is 0.820. The van der Waals surface area contributed by atoms with Crippen molar-refractivity contribution in [2.75, 3.05) is 19.6 Å². The Morgan fingerprint density at radius 2 is 2.00 bits per heavy atom. The average Bonchev–Trinajstić information content (AvgIpc) is 2.64. The Hall–Kier alpha value is -1.32. The van der Waals surface area contributed by atoms with Gasteiger partial charge >= 0.3 is 0 Å². The van der Waals surface area contributed by atoms with Crippen LogP contribution in [0.1, 0.15) is 26.7 Å². The number of fused-ring (bicyclic) bond motifs is 1. The van der Waals surface area contributed by atoms with Gasteiger partial charge < -0.3 is 10.6 Å². The highest BCUT2D eigenvalue weighted by molar-refractivity contribution is 5.88. The van der Waals surface area contributed by atoms with E-state index in [4.69, 9.17) is 5.73 Å². The van der Waals surface area contributed by atoms with Crippen molar-refractivity contribution in [3.05, 3.63) is 47.6 Å². The number of primary amides is 1. The van der Waals surface area contributed by atoms with Crippen molar-refractivity contribution in [2.45, 2.75) is 26.7 Å². The predicted octanol–water partition coefficient (Wildman–Crippen LogP) is 2.99. The summed E-state index contributed by atoms with van der Waals surface area (Å²) >= 11 is 0. The molecule has 0 radical (unpaired) electrons. The van der Waals surface area contributed by atoms with Crippen LogP contribution in [0, 0.1) is 5.41 Å². The van der Waals surface area contributed by atoms with E-state index in [1.165, 1.54) is 0 Å². The lowest BCUT2D eigenvalue weighted by atomic mass is 9.76. The van der Waals surface area contributed by atoms with Gasteiger partial charge in [-0.2, -0.15) is 0 Å². The van der Waals surface area contributed by atoms with Gasteiger partial charge in [0, 0.05) is 0 Å². The molecule has 0 bridgehead atoms. The maximum atomic E-state index is 12.2. The second-order valence-corrected chi connectivity index (χ2v) is 5.41. The number of hydrogen-bond acceptors (Lipinski definition) is 2. The summed E-state index contributed by atoms with van der Waals surface area (Å²) in [6, 6.07) is 0. The summed E-state index contributed by atoms with van der Waals surface area (Å²) in [5.41, 5.74) is 7.48. The van der Waals surface area contributed by atoms with E-state index < -0.39 is 5.41 Å². The molecule has 0 heterocycles. The Kier molecular flexibility index (Phi) is 6.43. The van der Waals surface area contributed by atoms with Crippen molar-refractivity contribution in [1.82, 2.24) is 4.90 Å². The standard InChI is InChI=1S/C17H24N2O.ClH/c1-3-19(4-2)13-12-17(16(18)20)11-10-14-8-6-5-7-9-15(14)17;/h5-10H,3-4,11-13H2,1-2H3,(H2,18,20);1H. The van der Waals surface area contributed by atoms with Gasteiger partial charge in [0.05, 0.1) is 5.41 Å². The fourth-order valence-electron chi connectivity index (χ4n) is 3.05. The van der Waals surface area contributed by atoms with Crippen molar-refractivity contribution in [2.24, 2.45) is 11.1 Å². The normalized spacial score (nSPS) is 23.2. The Morgan fingerprint density at radius 1 is 1.29 bits per heavy atom. The van der Waals surface area contributed by atoms with E-state index in [1.807, 2.05) is 24.3 Å². The number of amides is 1. The van der Waals surface area contributed by atoms with Gasteiger partial charge in [0.2, 0.25) is 5.91 Å². The summed E-state index contributed by atoms with van der Waals surface area (Å²) < 4.78 is 0. The number of nitrogens with zero attached hydrogens (tertiary/aromatic N) is 1. The first kappa shape index (κ1) is 17.7. The van der Waals surface area contributed by atoms with Crippen LogP contribution in [-0.2, 0) is 4.79 Å². The molecule has 0 fully saturated rings. The second kappa shape index (κ2) is 7.62. The molecule has 21 heavy (non-hydrogen) atoms. The molecule has 2 N–H and O–H groups in total. The fourth-order valence-corrected chi connectivity index (χ4v) is 3.05. The Balaban J connectivity index is 0.00000220. The maximum Gasteiger partial charge on any atom is 0.228 e. The molecular weight excluding hydrogens is 284 g/mol. The zero-order valence-corrected chi connectivity index (χ0v) is 13.7. The summed E-state index contributed by atoms with van der Waals surface area (Å²) in [6.07, 6.45) is 13.8. The SMILES string of the molecule is CCN(CC)CCC1(C(N)=O)CC=C2C=CC=CC=C21.Cl. The van der Waals surface area contributed by atoms with Gasteiger partial charge in [-0.15, -0.1) is 12.4 Å². The number of allylic oxidation sites excluding steroid dienone is 7. The largest absolute Gasteiger partial charge is 0.369 e. The molecule has 2 aliphatic carbocycles. The van der Waals surface area contributed by atoms with E-state index >= 15 is 0 Å². The molecule has 116 valence electrons. The van der Waals surface area contributed by atoms with Gasteiger partial charge in [-0.3, -0.25) is 4.79 Å². The first-order valence-corrected chi connectivity index (χ1v) is 7.42. The molecular formula is C17H25ClN2O. The number of carbonyl (C=O) groups is 1. The minimum absolute atomic E-state index is 0. The Labute approximate surface area is 133 Å². The average molecular weight is 309 g/mol. The first-order chi connectivity index (χ1) is 9.64. The summed E-state index contributed by atoms with van der Waals surface area (Å²) in [6.45, 7) is 7.21. The van der Waals surface area contributed by atoms with Gasteiger partial charge in [-0.1, -0.05) is 50.3 Å². The van der Waals surface area contributed by atoms with Crippen LogP contribution in [0.3, 0.4) is 0 Å². The van der Waals surface area contributed by atoms with Gasteiger partial charge in [-0.25, -0.2) is 0 Å². The van der Waals surface area contributed by atoms with Crippen LogP contribution in [0.4, 0.5) is 0 Å². The molecule has 2 rings (SSSR count). The molecule has 1 atom stereocenters. The lowest BCUT2D eigenvalue weighted by Gasteiger charge is -2.31. The number of nitrogens with two attached hydrogens (primary N) is 1. The van der Waals surface area contributed by atoms with E-state index in [0.29, 0.717) is 0 Å². The minimum Gasteiger partial charge on any atom is -0.369 e. The molecule has 0 saturated carbocycles. The number of carbonyl (C=O) groups excluding carboxylic acids is 1. The molecule has 0 aromatic rings. The minimum atomic E-state index is -0.531. The van der Waals surface area contributed by atoms with Crippen LogP contribution >= 0.6 is 12.4 Å². The molecule has 3 nitrogen and oxygen atoms in total. The fraction of sp³-hybridized carbons (Fsp3) is 0.471. The molecule has 0 aromatic carbocycles. The van der Waals surface area contributed by atoms with Crippen LogP contribution in [0.2, 0.25) is 0 Å². The van der Waals surface area contributed by atoms with Gasteiger partial charge in [0.25, 0.3) is 0 Å². The van der Waals surface area contributed by atoms with Crippen LogP contribution in [0.5, 0.6) is 0 Å². The van der Waals surface area contributed by atoms with Crippen LogP contribution in [0.25, 0.3) is 0 Å². The van der Waals surface area contributed by atoms with Crippen LogP contribution in [0.15, 0.2) is 47.6 Å². The van der Waals surface area contributed by atoms with Crippen molar-refractivity contribution in [3.63, 3.8) is 0 Å². The molecule has 0 aliphatic heterocycles. The zero-order chi connectivity index (χ0) is 14.6. The third kappa shape index (κ3) is 3.47. The van der Waals surface area contributed by atoms with Gasteiger partial charge in [0.15, 0.2) is 0 Å². The van der Waals surface area contributed by atoms with E-state index in [-0.39, 0.29) is 18.3 Å². The summed E-state index contributed by atoms with van der Waals surface area (Å²) in [4.78, 5) is 14.5. The van der Waals surface area contributed by atoms with Crippen LogP contribution < -0.4 is 5.73 Å². The van der Waals surface area contributed by atoms with E-state index in [9.17, 15) is 4.79 Å². The zero-order valence-electron chi connectivity index (χ0n) is 12.8. The number of rotatable bonds is 6. The smallest absolute Gasteiger partial charge is 0.228 e. The first-order valence-electron chi connectivity index (χ1n) is 7.42. The van der Waals surface area contributed by atoms with Crippen molar-refractivity contribution >= 4 is 18.3 Å². The summed E-state index contributed by atoms with van der Waals surface area (Å²) in [7, 11) is 0. The van der Waals surface area contributed by atoms with Gasteiger partial charge in [0.1, 0.15) is 0 Å². The third-order valence-corrected chi connectivity index (χ3v) is 4.48. The topological polar surface area (TPSA) is 46.3 Å². The molecule has 0 spiro atoms. The second-order valence-electron chi connectivity index (χ2n) is 5.41. The highest BCUT2D eigenvalue weighted by atomic mass is 35.5. The molecule has 1 amide bonds. The lowest BCUT2D eigenvalue weighted by Crippen LogP contribution is -2.40. The third-order valence-electron chi connectivity index (χ3n) is 4.48.